The van der Waals surface area contributed by atoms with Gasteiger partial charge in [-0.25, -0.2) is 4.68 Å². The minimum absolute atomic E-state index is 0.0445. The lowest BCUT2D eigenvalue weighted by Crippen LogP contribution is -1.99. The summed E-state index contributed by atoms with van der Waals surface area (Å²) in [7, 11) is 1.55. The maximum atomic E-state index is 10.7. The second-order valence-corrected chi connectivity index (χ2v) is 5.21. The molecular weight excluding hydrogens is 338 g/mol. The number of non-ortho nitro benzene ring substituents is 1. The molecule has 26 heavy (non-hydrogen) atoms. The molecule has 0 aliphatic rings. The number of benzene rings is 2. The van der Waals surface area contributed by atoms with Gasteiger partial charge in [0.1, 0.15) is 19.3 Å². The Morgan fingerprint density at radius 3 is 2.54 bits per heavy atom. The summed E-state index contributed by atoms with van der Waals surface area (Å²) in [5, 5.41) is 22.2. The largest absolute Gasteiger partial charge is 0.493 e. The van der Waals surface area contributed by atoms with Crippen LogP contribution in [0.2, 0.25) is 0 Å². The van der Waals surface area contributed by atoms with Crippen molar-refractivity contribution in [1.29, 1.82) is 0 Å². The molecule has 0 aliphatic carbocycles. The molecule has 0 atom stereocenters. The maximum absolute atomic E-state index is 10.7. The molecule has 0 radical (unpaired) electrons. The molecule has 0 fully saturated rings. The first-order valence-electron chi connectivity index (χ1n) is 7.59. The minimum Gasteiger partial charge on any atom is -0.493 e. The molecule has 3 rings (SSSR count). The van der Waals surface area contributed by atoms with Crippen LogP contribution in [0.25, 0.3) is 0 Å². The molecule has 0 bridgehead atoms. The topological polar surface area (TPSA) is 105 Å². The fraction of sp³-hybridized carbons (Fsp3) is 0.118. The molecule has 2 aromatic carbocycles. The van der Waals surface area contributed by atoms with Crippen molar-refractivity contribution in [1.82, 2.24) is 14.9 Å². The van der Waals surface area contributed by atoms with Crippen LogP contribution in [0.15, 0.2) is 60.2 Å². The number of methoxy groups -OCH3 is 1. The Bertz CT molecular complexity index is 907. The summed E-state index contributed by atoms with van der Waals surface area (Å²) in [6.45, 7) is 0.266. The van der Waals surface area contributed by atoms with Crippen LogP contribution in [0.3, 0.4) is 0 Å². The van der Waals surface area contributed by atoms with Crippen molar-refractivity contribution in [2.45, 2.75) is 6.61 Å². The SMILES string of the molecule is COc1cc(C=Nn2cnnc2)ccc1OCc1ccc([N+](=O)[O-])cc1. The van der Waals surface area contributed by atoms with E-state index in [4.69, 9.17) is 9.47 Å². The molecule has 1 heterocycles. The summed E-state index contributed by atoms with van der Waals surface area (Å²) in [6.07, 6.45) is 4.61. The summed E-state index contributed by atoms with van der Waals surface area (Å²) in [6, 6.07) is 11.6. The van der Waals surface area contributed by atoms with Crippen LogP contribution in [0.4, 0.5) is 5.69 Å². The number of ether oxygens (including phenoxy) is 2. The average Bonchev–Trinajstić information content (AvgIpc) is 3.19. The number of hydrogen-bond acceptors (Lipinski definition) is 7. The van der Waals surface area contributed by atoms with Crippen LogP contribution in [-0.4, -0.2) is 33.1 Å². The monoisotopic (exact) mass is 353 g/mol. The van der Waals surface area contributed by atoms with Gasteiger partial charge in [-0.3, -0.25) is 10.1 Å². The number of hydrogen-bond donors (Lipinski definition) is 0. The zero-order valence-corrected chi connectivity index (χ0v) is 13.8. The molecule has 9 heteroatoms. The quantitative estimate of drug-likeness (QED) is 0.367. The highest BCUT2D eigenvalue weighted by Crippen LogP contribution is 2.28. The second kappa shape index (κ2) is 7.88. The molecule has 0 saturated carbocycles. The summed E-state index contributed by atoms with van der Waals surface area (Å²) < 4.78 is 12.6. The van der Waals surface area contributed by atoms with Gasteiger partial charge in [0.2, 0.25) is 0 Å². The van der Waals surface area contributed by atoms with Crippen LogP contribution in [0, 0.1) is 10.1 Å². The number of aromatic nitrogens is 3. The van der Waals surface area contributed by atoms with Gasteiger partial charge >= 0.3 is 0 Å². The Balaban J connectivity index is 1.68. The first-order chi connectivity index (χ1) is 12.7. The highest BCUT2D eigenvalue weighted by Gasteiger charge is 2.07. The Kier molecular flexibility index (Phi) is 5.18. The summed E-state index contributed by atoms with van der Waals surface area (Å²) in [4.78, 5) is 10.2. The summed E-state index contributed by atoms with van der Waals surface area (Å²) in [5.41, 5.74) is 1.68. The van der Waals surface area contributed by atoms with E-state index in [2.05, 4.69) is 15.3 Å². The van der Waals surface area contributed by atoms with Gasteiger partial charge in [0, 0.05) is 12.1 Å². The standard InChI is InChI=1S/C17H15N5O4/c1-25-17-8-14(9-20-21-11-18-19-12-21)4-7-16(17)26-10-13-2-5-15(6-3-13)22(23)24/h2-9,11-12H,10H2,1H3. The van der Waals surface area contributed by atoms with Crippen molar-refractivity contribution in [2.75, 3.05) is 7.11 Å². The van der Waals surface area contributed by atoms with E-state index in [1.807, 2.05) is 6.07 Å². The smallest absolute Gasteiger partial charge is 0.269 e. The van der Waals surface area contributed by atoms with Gasteiger partial charge in [0.15, 0.2) is 11.5 Å². The zero-order valence-electron chi connectivity index (χ0n) is 13.8. The Labute approximate surface area is 148 Å². The third-order valence-electron chi connectivity index (χ3n) is 3.48. The molecule has 0 amide bonds. The van der Waals surface area contributed by atoms with E-state index in [0.29, 0.717) is 11.5 Å². The van der Waals surface area contributed by atoms with Crippen molar-refractivity contribution < 1.29 is 14.4 Å². The van der Waals surface area contributed by atoms with Crippen LogP contribution in [0.1, 0.15) is 11.1 Å². The highest BCUT2D eigenvalue weighted by atomic mass is 16.6. The number of nitrogens with zero attached hydrogens (tertiary/aromatic N) is 5. The van der Waals surface area contributed by atoms with E-state index < -0.39 is 4.92 Å². The van der Waals surface area contributed by atoms with Crippen molar-refractivity contribution >= 4 is 11.9 Å². The van der Waals surface area contributed by atoms with E-state index in [1.54, 1.807) is 37.6 Å². The van der Waals surface area contributed by atoms with Crippen molar-refractivity contribution in [3.63, 3.8) is 0 Å². The van der Waals surface area contributed by atoms with Gasteiger partial charge in [0.25, 0.3) is 5.69 Å². The third kappa shape index (κ3) is 4.20. The number of rotatable bonds is 7. The normalized spacial score (nSPS) is 10.8. The van der Waals surface area contributed by atoms with Gasteiger partial charge in [-0.2, -0.15) is 5.10 Å². The van der Waals surface area contributed by atoms with Gasteiger partial charge in [-0.15, -0.1) is 10.2 Å². The predicted molar refractivity (Wildman–Crippen MR) is 93.4 cm³/mol. The molecule has 0 N–H and O–H groups in total. The van der Waals surface area contributed by atoms with E-state index in [9.17, 15) is 10.1 Å². The summed E-state index contributed by atoms with van der Waals surface area (Å²) in [5.74, 6) is 1.12. The average molecular weight is 353 g/mol. The van der Waals surface area contributed by atoms with E-state index in [1.165, 1.54) is 29.5 Å². The molecule has 3 aromatic rings. The lowest BCUT2D eigenvalue weighted by atomic mass is 10.2. The fourth-order valence-corrected chi connectivity index (χ4v) is 2.15. The van der Waals surface area contributed by atoms with Gasteiger partial charge in [-0.1, -0.05) is 0 Å². The van der Waals surface area contributed by atoms with Gasteiger partial charge in [0.05, 0.1) is 18.2 Å². The summed E-state index contributed by atoms with van der Waals surface area (Å²) >= 11 is 0. The van der Waals surface area contributed by atoms with Gasteiger partial charge < -0.3 is 9.47 Å². The first kappa shape index (κ1) is 17.1. The fourth-order valence-electron chi connectivity index (χ4n) is 2.15. The van der Waals surface area contributed by atoms with E-state index >= 15 is 0 Å². The van der Waals surface area contributed by atoms with Crippen LogP contribution >= 0.6 is 0 Å². The molecular formula is C17H15N5O4. The third-order valence-corrected chi connectivity index (χ3v) is 3.48. The first-order valence-corrected chi connectivity index (χ1v) is 7.59. The zero-order chi connectivity index (χ0) is 18.4. The molecule has 132 valence electrons. The Morgan fingerprint density at radius 1 is 1.15 bits per heavy atom. The molecule has 0 unspecified atom stereocenters. The molecule has 0 aliphatic heterocycles. The van der Waals surface area contributed by atoms with Crippen molar-refractivity contribution in [2.24, 2.45) is 5.10 Å². The molecule has 1 aromatic heterocycles. The number of nitro groups is 1. The van der Waals surface area contributed by atoms with E-state index in [0.717, 1.165) is 11.1 Å². The van der Waals surface area contributed by atoms with E-state index in [-0.39, 0.29) is 12.3 Å². The van der Waals surface area contributed by atoms with Crippen molar-refractivity contribution in [3.8, 4) is 11.5 Å². The number of nitro benzene ring substituents is 1. The Morgan fingerprint density at radius 2 is 1.88 bits per heavy atom. The lowest BCUT2D eigenvalue weighted by Gasteiger charge is -2.11. The van der Waals surface area contributed by atoms with Crippen molar-refractivity contribution in [3.05, 3.63) is 76.4 Å². The highest BCUT2D eigenvalue weighted by molar-refractivity contribution is 5.80. The van der Waals surface area contributed by atoms with Crippen LogP contribution in [-0.2, 0) is 6.61 Å². The van der Waals surface area contributed by atoms with Gasteiger partial charge in [-0.05, 0) is 41.5 Å². The minimum atomic E-state index is -0.437. The molecule has 0 spiro atoms. The second-order valence-electron chi connectivity index (χ2n) is 5.21. The van der Waals surface area contributed by atoms with Crippen LogP contribution < -0.4 is 9.47 Å². The predicted octanol–water partition coefficient (Wildman–Crippen LogP) is 2.66. The molecule has 0 saturated heterocycles. The molecule has 9 nitrogen and oxygen atoms in total. The van der Waals surface area contributed by atoms with Crippen LogP contribution in [0.5, 0.6) is 11.5 Å². The Hall–Kier alpha value is -3.75. The maximum Gasteiger partial charge on any atom is 0.269 e. The lowest BCUT2D eigenvalue weighted by molar-refractivity contribution is -0.384.